The van der Waals surface area contributed by atoms with Crippen molar-refractivity contribution in [2.24, 2.45) is 0 Å². The lowest BCUT2D eigenvalue weighted by Crippen LogP contribution is -2.14. The van der Waals surface area contributed by atoms with Crippen LogP contribution in [0.3, 0.4) is 0 Å². The normalized spacial score (nSPS) is 11.8. The third-order valence-electron chi connectivity index (χ3n) is 17.4. The van der Waals surface area contributed by atoms with Crippen molar-refractivity contribution in [2.45, 2.75) is 6.18 Å². The first kappa shape index (κ1) is 58.0. The standard InChI is InChI=1S/C81H46F8N6/c82-76-75(77(83)79(85)80(86)78(76)84)59-45-74(95-71-43-53(67-31-15-27-63(92-67)49-21-9-3-10-22-49)35-39-57(71)58-40-36-54(44-72(58)95)68-32-16-28-64(93-68)50-23-11-4-12-24-50)60(81(87,88)89)46-73(59)94-69-41-51(65-29-13-25-61(90-65)47-17-5-1-6-18-47)33-37-55(69)56-38-34-52(42-70(56)94)66-30-14-26-62(91-66)48-19-7-2-8-20-48/h1-46H. The number of pyridine rings is 4. The second-order valence-corrected chi connectivity index (χ2v) is 23.0. The Morgan fingerprint density at radius 1 is 0.242 bits per heavy atom. The number of benzene rings is 10. The third kappa shape index (κ3) is 10.2. The predicted octanol–water partition coefficient (Wildman–Crippen LogP) is 22.2. The number of rotatable bonds is 11. The van der Waals surface area contributed by atoms with E-state index in [4.69, 9.17) is 19.9 Å². The van der Waals surface area contributed by atoms with Gasteiger partial charge in [-0.3, -0.25) is 0 Å². The Kier molecular flexibility index (Phi) is 14.2. The fraction of sp³-hybridized carbons (Fsp3) is 0.0123. The molecule has 95 heavy (non-hydrogen) atoms. The van der Waals surface area contributed by atoms with Crippen LogP contribution in [0.4, 0.5) is 35.1 Å². The number of halogens is 8. The highest BCUT2D eigenvalue weighted by atomic mass is 19.4. The van der Waals surface area contributed by atoms with Crippen LogP contribution in [0.2, 0.25) is 0 Å². The van der Waals surface area contributed by atoms with Crippen molar-refractivity contribution in [1.29, 1.82) is 0 Å². The minimum absolute atomic E-state index is 0.191. The van der Waals surface area contributed by atoms with Crippen LogP contribution in [0.25, 0.3) is 156 Å². The Morgan fingerprint density at radius 2 is 0.505 bits per heavy atom. The largest absolute Gasteiger partial charge is 0.418 e. The van der Waals surface area contributed by atoms with Gasteiger partial charge in [0.15, 0.2) is 23.3 Å². The van der Waals surface area contributed by atoms with E-state index in [2.05, 4.69) is 0 Å². The quantitative estimate of drug-likeness (QED) is 0.0735. The fourth-order valence-corrected chi connectivity index (χ4v) is 12.9. The van der Waals surface area contributed by atoms with Gasteiger partial charge in [0, 0.05) is 71.6 Å². The first-order valence-corrected chi connectivity index (χ1v) is 30.4. The lowest BCUT2D eigenvalue weighted by molar-refractivity contribution is -0.137. The highest BCUT2D eigenvalue weighted by molar-refractivity contribution is 6.13. The van der Waals surface area contributed by atoms with Gasteiger partial charge in [0.05, 0.1) is 90.1 Å². The monoisotopic (exact) mass is 1250 g/mol. The number of hydrogen-bond donors (Lipinski definition) is 0. The maximum atomic E-state index is 17.4. The molecule has 0 unspecified atom stereocenters. The van der Waals surface area contributed by atoms with Crippen LogP contribution in [0, 0.1) is 29.1 Å². The van der Waals surface area contributed by atoms with Crippen LogP contribution in [0.15, 0.2) is 279 Å². The van der Waals surface area contributed by atoms with Crippen LogP contribution < -0.4 is 0 Å². The molecule has 0 bridgehead atoms. The summed E-state index contributed by atoms with van der Waals surface area (Å²) in [5.74, 6) is -11.6. The molecule has 0 aliphatic heterocycles. The highest BCUT2D eigenvalue weighted by Gasteiger charge is 2.39. The summed E-state index contributed by atoms with van der Waals surface area (Å²) in [6.07, 6.45) is -5.30. The fourth-order valence-electron chi connectivity index (χ4n) is 12.9. The molecule has 0 aliphatic carbocycles. The summed E-state index contributed by atoms with van der Waals surface area (Å²) in [7, 11) is 0. The second kappa shape index (κ2) is 23.2. The summed E-state index contributed by atoms with van der Waals surface area (Å²) in [6.45, 7) is 0. The van der Waals surface area contributed by atoms with Gasteiger partial charge in [-0.2, -0.15) is 13.2 Å². The van der Waals surface area contributed by atoms with E-state index in [1.54, 1.807) is 72.8 Å². The molecule has 0 amide bonds. The van der Waals surface area contributed by atoms with Crippen molar-refractivity contribution in [3.05, 3.63) is 314 Å². The molecule has 10 aromatic carbocycles. The lowest BCUT2D eigenvalue weighted by Gasteiger charge is -2.23. The summed E-state index contributed by atoms with van der Waals surface area (Å²) >= 11 is 0. The van der Waals surface area contributed by atoms with E-state index in [0.29, 0.717) is 89.4 Å². The van der Waals surface area contributed by atoms with Crippen molar-refractivity contribution in [3.8, 4) is 113 Å². The van der Waals surface area contributed by atoms with Crippen molar-refractivity contribution < 1.29 is 35.1 Å². The van der Waals surface area contributed by atoms with Gasteiger partial charge in [-0.05, 0) is 84.9 Å². The van der Waals surface area contributed by atoms with Crippen LogP contribution in [0.5, 0.6) is 0 Å². The molecule has 0 saturated heterocycles. The maximum absolute atomic E-state index is 17.4. The van der Waals surface area contributed by atoms with Gasteiger partial charge in [0.2, 0.25) is 5.82 Å². The van der Waals surface area contributed by atoms with E-state index >= 15 is 35.1 Å². The molecule has 16 rings (SSSR count). The summed E-state index contributed by atoms with van der Waals surface area (Å²) in [6, 6.07) is 82.2. The van der Waals surface area contributed by atoms with Crippen molar-refractivity contribution in [3.63, 3.8) is 0 Å². The molecule has 0 atom stereocenters. The molecule has 14 heteroatoms. The van der Waals surface area contributed by atoms with Gasteiger partial charge in [-0.1, -0.05) is 194 Å². The van der Waals surface area contributed by atoms with E-state index in [-0.39, 0.29) is 22.1 Å². The van der Waals surface area contributed by atoms with Gasteiger partial charge in [0.1, 0.15) is 0 Å². The van der Waals surface area contributed by atoms with Gasteiger partial charge in [-0.25, -0.2) is 41.9 Å². The molecular formula is C81H46F8N6. The molecule has 0 radical (unpaired) electrons. The molecule has 6 nitrogen and oxygen atoms in total. The number of nitrogens with zero attached hydrogens (tertiary/aromatic N) is 6. The SMILES string of the molecule is Fc1c(F)c(F)c(-c2cc(-n3c4cc(-c5cccc(-c6ccccc6)n5)ccc4c4ccc(-c5cccc(-c6ccccc6)n5)cc43)c(C(F)(F)F)cc2-n2c3cc(-c4cccc(-c5ccccc5)n4)ccc3c3ccc(-c4cccc(-c5ccccc5)n4)cc32)c(F)c1F. The lowest BCUT2D eigenvalue weighted by atomic mass is 9.96. The molecule has 16 aromatic rings. The van der Waals surface area contributed by atoms with Crippen LogP contribution in [-0.4, -0.2) is 29.1 Å². The molecule has 0 aliphatic rings. The maximum Gasteiger partial charge on any atom is 0.418 e. The van der Waals surface area contributed by atoms with Gasteiger partial charge < -0.3 is 9.13 Å². The number of hydrogen-bond acceptors (Lipinski definition) is 4. The summed E-state index contributed by atoms with van der Waals surface area (Å²) in [4.78, 5) is 20.0. The molecular weight excluding hydrogens is 1210 g/mol. The third-order valence-corrected chi connectivity index (χ3v) is 17.4. The summed E-state index contributed by atoms with van der Waals surface area (Å²) in [5, 5.41) is 1.87. The summed E-state index contributed by atoms with van der Waals surface area (Å²) < 4.78 is 137. The second-order valence-electron chi connectivity index (χ2n) is 23.0. The van der Waals surface area contributed by atoms with E-state index in [9.17, 15) is 0 Å². The first-order chi connectivity index (χ1) is 46.3. The van der Waals surface area contributed by atoms with Gasteiger partial charge in [0.25, 0.3) is 0 Å². The summed E-state index contributed by atoms with van der Waals surface area (Å²) in [5.41, 5.74) is 5.57. The zero-order chi connectivity index (χ0) is 64.6. The van der Waals surface area contributed by atoms with E-state index < -0.39 is 63.3 Å². The average Bonchev–Trinajstić information content (AvgIpc) is 1.61. The minimum atomic E-state index is -5.30. The van der Waals surface area contributed by atoms with Crippen LogP contribution >= 0.6 is 0 Å². The highest BCUT2D eigenvalue weighted by Crippen LogP contribution is 2.48. The van der Waals surface area contributed by atoms with E-state index in [0.717, 1.165) is 34.4 Å². The average molecular weight is 1260 g/mol. The van der Waals surface area contributed by atoms with E-state index in [1.165, 1.54) is 9.13 Å². The van der Waals surface area contributed by atoms with Gasteiger partial charge >= 0.3 is 6.18 Å². The molecule has 0 N–H and O–H groups in total. The zero-order valence-electron chi connectivity index (χ0n) is 49.8. The number of alkyl halides is 3. The minimum Gasteiger partial charge on any atom is -0.309 e. The Bertz CT molecular complexity index is 5410. The topological polar surface area (TPSA) is 61.4 Å². The zero-order valence-corrected chi connectivity index (χ0v) is 49.8. The van der Waals surface area contributed by atoms with Crippen molar-refractivity contribution >= 4 is 43.6 Å². The Labute approximate surface area is 537 Å². The molecule has 0 saturated carbocycles. The molecule has 6 aromatic heterocycles. The predicted molar refractivity (Wildman–Crippen MR) is 360 cm³/mol. The smallest absolute Gasteiger partial charge is 0.309 e. The Balaban J connectivity index is 1.02. The van der Waals surface area contributed by atoms with Crippen LogP contribution in [0.1, 0.15) is 5.56 Å². The van der Waals surface area contributed by atoms with E-state index in [1.807, 2.05) is 194 Å². The van der Waals surface area contributed by atoms with Crippen molar-refractivity contribution in [1.82, 2.24) is 29.1 Å². The Hall–Kier alpha value is -12.2. The Morgan fingerprint density at radius 3 is 0.789 bits per heavy atom. The molecule has 456 valence electrons. The molecule has 0 fully saturated rings. The number of aromatic nitrogens is 6. The van der Waals surface area contributed by atoms with Crippen LogP contribution in [-0.2, 0) is 6.18 Å². The van der Waals surface area contributed by atoms with Crippen molar-refractivity contribution in [2.75, 3.05) is 0 Å². The molecule has 6 heterocycles. The molecule has 0 spiro atoms. The van der Waals surface area contributed by atoms with Gasteiger partial charge in [-0.15, -0.1) is 0 Å². The number of fused-ring (bicyclic) bond motifs is 6. The first-order valence-electron chi connectivity index (χ1n) is 30.4.